The molecule has 2 unspecified atom stereocenters. The third-order valence-corrected chi connectivity index (χ3v) is 5.29. The highest BCUT2D eigenvalue weighted by atomic mass is 32.1. The van der Waals surface area contributed by atoms with Crippen LogP contribution in [0.25, 0.3) is 0 Å². The first-order chi connectivity index (χ1) is 10.2. The molecular weight excluding hydrogens is 280 g/mol. The normalized spacial score (nSPS) is 20.8. The van der Waals surface area contributed by atoms with Crippen molar-refractivity contribution in [2.45, 2.75) is 44.9 Å². The molecule has 3 rings (SSSR count). The highest BCUT2D eigenvalue weighted by Crippen LogP contribution is 2.29. The summed E-state index contributed by atoms with van der Waals surface area (Å²) < 4.78 is 0. The summed E-state index contributed by atoms with van der Waals surface area (Å²) in [6.45, 7) is 4.18. The smallest absolute Gasteiger partial charge is 0.0805 e. The number of aryl methyl sites for hydroxylation is 1. The van der Waals surface area contributed by atoms with Gasteiger partial charge in [0.1, 0.15) is 0 Å². The van der Waals surface area contributed by atoms with E-state index in [1.807, 2.05) is 35.8 Å². The van der Waals surface area contributed by atoms with Gasteiger partial charge in [-0.05, 0) is 38.3 Å². The molecular formula is C17H22N2OS. The van der Waals surface area contributed by atoms with Gasteiger partial charge in [0.25, 0.3) is 0 Å². The van der Waals surface area contributed by atoms with E-state index in [1.165, 1.54) is 17.7 Å². The van der Waals surface area contributed by atoms with Crippen molar-refractivity contribution in [3.8, 4) is 0 Å². The van der Waals surface area contributed by atoms with Gasteiger partial charge in [0.2, 0.25) is 0 Å². The second kappa shape index (κ2) is 6.69. The zero-order chi connectivity index (χ0) is 14.7. The summed E-state index contributed by atoms with van der Waals surface area (Å²) in [5.74, 6) is 0. The van der Waals surface area contributed by atoms with Gasteiger partial charge in [-0.25, -0.2) is 4.98 Å². The molecule has 0 amide bonds. The van der Waals surface area contributed by atoms with E-state index in [-0.39, 0.29) is 6.10 Å². The summed E-state index contributed by atoms with van der Waals surface area (Å²) in [4.78, 5) is 8.20. The molecule has 0 spiro atoms. The van der Waals surface area contributed by atoms with Gasteiger partial charge >= 0.3 is 0 Å². The Kier molecular flexibility index (Phi) is 4.68. The molecule has 21 heavy (non-hydrogen) atoms. The van der Waals surface area contributed by atoms with Crippen molar-refractivity contribution in [2.24, 2.45) is 0 Å². The van der Waals surface area contributed by atoms with Crippen LogP contribution < -0.4 is 0 Å². The van der Waals surface area contributed by atoms with Crippen LogP contribution in [0.5, 0.6) is 0 Å². The summed E-state index contributed by atoms with van der Waals surface area (Å²) in [5.41, 5.74) is 4.10. The largest absolute Gasteiger partial charge is 0.388 e. The summed E-state index contributed by atoms with van der Waals surface area (Å²) in [6, 6.07) is 10.5. The Hall–Kier alpha value is -1.23. The minimum atomic E-state index is -0.362. The molecule has 112 valence electrons. The number of hydrogen-bond acceptors (Lipinski definition) is 4. The topological polar surface area (TPSA) is 36.4 Å². The van der Waals surface area contributed by atoms with Crippen LogP contribution in [0.15, 0.2) is 35.8 Å². The van der Waals surface area contributed by atoms with Gasteiger partial charge in [0.05, 0.1) is 17.3 Å². The van der Waals surface area contributed by atoms with Crippen molar-refractivity contribution in [1.82, 2.24) is 9.88 Å². The number of thiazole rings is 1. The van der Waals surface area contributed by atoms with Crippen molar-refractivity contribution < 1.29 is 5.11 Å². The zero-order valence-electron chi connectivity index (χ0n) is 12.4. The van der Waals surface area contributed by atoms with Crippen LogP contribution in [0.4, 0.5) is 0 Å². The van der Waals surface area contributed by atoms with E-state index in [1.54, 1.807) is 11.3 Å². The molecule has 1 saturated heterocycles. The Bertz CT molecular complexity index is 569. The molecule has 0 saturated carbocycles. The summed E-state index contributed by atoms with van der Waals surface area (Å²) >= 11 is 1.74. The molecule has 2 atom stereocenters. The third-order valence-electron chi connectivity index (χ3n) is 4.37. The fraction of sp³-hybridized carbons (Fsp3) is 0.471. The van der Waals surface area contributed by atoms with Gasteiger partial charge in [0.15, 0.2) is 0 Å². The van der Waals surface area contributed by atoms with Crippen molar-refractivity contribution in [2.75, 3.05) is 6.54 Å². The summed E-state index contributed by atoms with van der Waals surface area (Å²) in [6.07, 6.45) is 2.87. The van der Waals surface area contributed by atoms with E-state index >= 15 is 0 Å². The molecule has 1 aliphatic rings. The zero-order valence-corrected chi connectivity index (χ0v) is 13.2. The van der Waals surface area contributed by atoms with Gasteiger partial charge in [-0.3, -0.25) is 4.90 Å². The molecule has 1 aliphatic heterocycles. The third kappa shape index (κ3) is 3.51. The lowest BCUT2D eigenvalue weighted by molar-refractivity contribution is 0.118. The maximum atomic E-state index is 10.4. The molecule has 3 nitrogen and oxygen atoms in total. The maximum absolute atomic E-state index is 10.4. The predicted molar refractivity (Wildman–Crippen MR) is 86.3 cm³/mol. The van der Waals surface area contributed by atoms with Crippen LogP contribution in [0, 0.1) is 6.92 Å². The lowest BCUT2D eigenvalue weighted by Gasteiger charge is -2.26. The molecule has 1 aromatic carbocycles. The first-order valence-electron chi connectivity index (χ1n) is 7.60. The minimum absolute atomic E-state index is 0.362. The molecule has 1 N–H and O–H groups in total. The Labute approximate surface area is 130 Å². The summed E-state index contributed by atoms with van der Waals surface area (Å²) in [7, 11) is 0. The molecule has 2 aromatic rings. The van der Waals surface area contributed by atoms with Crippen LogP contribution in [0.2, 0.25) is 0 Å². The molecule has 4 heteroatoms. The number of aliphatic hydroxyl groups excluding tert-OH is 1. The van der Waals surface area contributed by atoms with E-state index < -0.39 is 0 Å². The standard InChI is InChI=1S/C17H22N2OS/c1-13-17(21-12-18-13)11-19-9-5-8-15(19)10-16(20)14-6-3-2-4-7-14/h2-4,6-7,12,15-16,20H,5,8-11H2,1H3. The monoisotopic (exact) mass is 302 g/mol. The number of rotatable bonds is 5. The SMILES string of the molecule is Cc1ncsc1CN1CCCC1CC(O)c1ccccc1. The van der Waals surface area contributed by atoms with Crippen molar-refractivity contribution >= 4 is 11.3 Å². The lowest BCUT2D eigenvalue weighted by Crippen LogP contribution is -2.30. The first-order valence-corrected chi connectivity index (χ1v) is 8.48. The van der Waals surface area contributed by atoms with Gasteiger partial charge in [0, 0.05) is 17.5 Å². The Morgan fingerprint density at radius 2 is 2.19 bits per heavy atom. The van der Waals surface area contributed by atoms with Crippen molar-refractivity contribution in [3.63, 3.8) is 0 Å². The number of nitrogens with zero attached hydrogens (tertiary/aromatic N) is 2. The Balaban J connectivity index is 1.63. The van der Waals surface area contributed by atoms with Crippen LogP contribution in [-0.2, 0) is 6.54 Å². The quantitative estimate of drug-likeness (QED) is 0.918. The van der Waals surface area contributed by atoms with Crippen LogP contribution >= 0.6 is 11.3 Å². The van der Waals surface area contributed by atoms with Gasteiger partial charge in [-0.1, -0.05) is 30.3 Å². The van der Waals surface area contributed by atoms with Gasteiger partial charge in [-0.2, -0.15) is 0 Å². The minimum Gasteiger partial charge on any atom is -0.388 e. The Morgan fingerprint density at radius 3 is 2.90 bits per heavy atom. The van der Waals surface area contributed by atoms with Crippen molar-refractivity contribution in [3.05, 3.63) is 52.0 Å². The predicted octanol–water partition coefficient (Wildman–Crippen LogP) is 3.54. The van der Waals surface area contributed by atoms with Crippen LogP contribution in [0.3, 0.4) is 0 Å². The average molecular weight is 302 g/mol. The van der Waals surface area contributed by atoms with E-state index in [2.05, 4.69) is 16.8 Å². The fourth-order valence-electron chi connectivity index (χ4n) is 3.10. The molecule has 0 radical (unpaired) electrons. The second-order valence-electron chi connectivity index (χ2n) is 5.79. The lowest BCUT2D eigenvalue weighted by atomic mass is 10.0. The Morgan fingerprint density at radius 1 is 1.38 bits per heavy atom. The van der Waals surface area contributed by atoms with E-state index in [4.69, 9.17) is 0 Å². The molecule has 2 heterocycles. The van der Waals surface area contributed by atoms with Crippen LogP contribution in [0.1, 0.15) is 41.5 Å². The summed E-state index contributed by atoms with van der Waals surface area (Å²) in [5, 5.41) is 10.4. The highest BCUT2D eigenvalue weighted by molar-refractivity contribution is 7.09. The van der Waals surface area contributed by atoms with Crippen LogP contribution in [-0.4, -0.2) is 27.6 Å². The number of benzene rings is 1. The second-order valence-corrected chi connectivity index (χ2v) is 6.73. The molecule has 1 fully saturated rings. The van der Waals surface area contributed by atoms with E-state index in [0.717, 1.165) is 30.8 Å². The maximum Gasteiger partial charge on any atom is 0.0805 e. The van der Waals surface area contributed by atoms with E-state index in [0.29, 0.717) is 6.04 Å². The van der Waals surface area contributed by atoms with Crippen molar-refractivity contribution in [1.29, 1.82) is 0 Å². The number of aromatic nitrogens is 1. The molecule has 0 bridgehead atoms. The fourth-order valence-corrected chi connectivity index (χ4v) is 3.90. The first kappa shape index (κ1) is 14.7. The number of hydrogen-bond donors (Lipinski definition) is 1. The average Bonchev–Trinajstić information content (AvgIpc) is 3.11. The number of likely N-dealkylation sites (tertiary alicyclic amines) is 1. The number of aliphatic hydroxyl groups is 1. The molecule has 0 aliphatic carbocycles. The molecule has 1 aromatic heterocycles. The van der Waals surface area contributed by atoms with Gasteiger partial charge < -0.3 is 5.11 Å². The van der Waals surface area contributed by atoms with Gasteiger partial charge in [-0.15, -0.1) is 11.3 Å². The highest BCUT2D eigenvalue weighted by Gasteiger charge is 2.27. The van der Waals surface area contributed by atoms with E-state index in [9.17, 15) is 5.11 Å².